The topological polar surface area (TPSA) is 64.6 Å². The van der Waals surface area contributed by atoms with E-state index >= 15 is 0 Å². The second-order valence-electron chi connectivity index (χ2n) is 5.43. The molecule has 1 amide bonds. The van der Waals surface area contributed by atoms with Crippen LogP contribution in [0, 0.1) is 0 Å². The molecule has 5 nitrogen and oxygen atoms in total. The molecular weight excluding hydrogens is 386 g/mol. The number of hydrogen-bond donors (Lipinski definition) is 1. The number of ketones is 1. The van der Waals surface area contributed by atoms with Crippen LogP contribution in [0.15, 0.2) is 40.9 Å². The van der Waals surface area contributed by atoms with E-state index in [0.29, 0.717) is 39.4 Å². The number of methoxy groups -OCH3 is 1. The molecule has 0 fully saturated rings. The molecule has 0 atom stereocenters. The maximum atomic E-state index is 12.5. The highest BCUT2D eigenvalue weighted by Gasteiger charge is 2.16. The smallest absolute Gasteiger partial charge is 0.255 e. The Morgan fingerprint density at radius 2 is 1.92 bits per heavy atom. The van der Waals surface area contributed by atoms with Gasteiger partial charge in [0.15, 0.2) is 17.3 Å². The van der Waals surface area contributed by atoms with E-state index in [9.17, 15) is 9.59 Å². The number of ether oxygens (including phenoxy) is 2. The van der Waals surface area contributed by atoms with Gasteiger partial charge in [-0.3, -0.25) is 9.59 Å². The van der Waals surface area contributed by atoms with Crippen molar-refractivity contribution < 1.29 is 19.1 Å². The third kappa shape index (κ3) is 4.82. The van der Waals surface area contributed by atoms with Gasteiger partial charge in [0.1, 0.15) is 0 Å². The Kier molecular flexibility index (Phi) is 6.58. The van der Waals surface area contributed by atoms with Gasteiger partial charge in [0.05, 0.1) is 18.2 Å². The molecule has 1 N–H and O–H groups in total. The molecule has 0 radical (unpaired) electrons. The summed E-state index contributed by atoms with van der Waals surface area (Å²) in [5.74, 6) is 0.685. The van der Waals surface area contributed by atoms with Crippen molar-refractivity contribution in [3.8, 4) is 11.5 Å². The molecular formula is C19H20BrNO4. The number of carbonyl (C=O) groups excluding carboxylic acids is 2. The normalized spacial score (nSPS) is 10.2. The Morgan fingerprint density at radius 3 is 2.56 bits per heavy atom. The molecule has 0 saturated heterocycles. The minimum atomic E-state index is -0.304. The van der Waals surface area contributed by atoms with E-state index in [4.69, 9.17) is 9.47 Å². The van der Waals surface area contributed by atoms with Crippen molar-refractivity contribution in [3.63, 3.8) is 0 Å². The van der Waals surface area contributed by atoms with Gasteiger partial charge < -0.3 is 14.8 Å². The Balaban J connectivity index is 2.26. The average molecular weight is 406 g/mol. The van der Waals surface area contributed by atoms with Gasteiger partial charge in [-0.05, 0) is 53.5 Å². The van der Waals surface area contributed by atoms with Gasteiger partial charge >= 0.3 is 0 Å². The Labute approximate surface area is 155 Å². The maximum absolute atomic E-state index is 12.5. The summed E-state index contributed by atoms with van der Waals surface area (Å²) in [6.07, 6.45) is 0.865. The van der Waals surface area contributed by atoms with Crippen LogP contribution in [0.25, 0.3) is 0 Å². The van der Waals surface area contributed by atoms with Gasteiger partial charge in [0, 0.05) is 16.8 Å². The number of hydrogen-bond acceptors (Lipinski definition) is 4. The van der Waals surface area contributed by atoms with Crippen molar-refractivity contribution in [2.24, 2.45) is 0 Å². The molecule has 0 aliphatic rings. The number of anilines is 1. The lowest BCUT2D eigenvalue weighted by Crippen LogP contribution is -2.13. The van der Waals surface area contributed by atoms with Crippen LogP contribution in [0.5, 0.6) is 11.5 Å². The van der Waals surface area contributed by atoms with Crippen LogP contribution in [0.2, 0.25) is 0 Å². The number of benzene rings is 2. The van der Waals surface area contributed by atoms with Crippen LogP contribution in [-0.4, -0.2) is 25.4 Å². The average Bonchev–Trinajstić information content (AvgIpc) is 2.60. The van der Waals surface area contributed by atoms with Gasteiger partial charge in [0.2, 0.25) is 0 Å². The van der Waals surface area contributed by atoms with E-state index in [1.807, 2.05) is 6.92 Å². The second kappa shape index (κ2) is 8.67. The second-order valence-corrected chi connectivity index (χ2v) is 6.28. The fraction of sp³-hybridized carbons (Fsp3) is 0.263. The molecule has 0 aromatic heterocycles. The highest BCUT2D eigenvalue weighted by atomic mass is 79.9. The predicted molar refractivity (Wildman–Crippen MR) is 101 cm³/mol. The standard InChI is InChI=1S/C19H20BrNO4/c1-4-8-25-18-16(20)10-14(11-17(18)24-3)19(23)21-15-7-5-6-13(9-15)12(2)22/h5-7,9-11H,4,8H2,1-3H3,(H,21,23). The van der Waals surface area contributed by atoms with Crippen LogP contribution < -0.4 is 14.8 Å². The summed E-state index contributed by atoms with van der Waals surface area (Å²) < 4.78 is 11.6. The minimum absolute atomic E-state index is 0.0575. The third-order valence-electron chi connectivity index (χ3n) is 3.47. The summed E-state index contributed by atoms with van der Waals surface area (Å²) in [6, 6.07) is 10.1. The zero-order chi connectivity index (χ0) is 18.4. The monoisotopic (exact) mass is 405 g/mol. The molecule has 2 rings (SSSR count). The number of amides is 1. The molecule has 0 bridgehead atoms. The molecule has 0 aliphatic heterocycles. The lowest BCUT2D eigenvalue weighted by molar-refractivity contribution is 0.101. The Bertz CT molecular complexity index is 789. The first-order valence-electron chi connectivity index (χ1n) is 7.89. The Morgan fingerprint density at radius 1 is 1.16 bits per heavy atom. The molecule has 0 saturated carbocycles. The van der Waals surface area contributed by atoms with Crippen molar-refractivity contribution in [3.05, 3.63) is 52.0 Å². The summed E-state index contributed by atoms with van der Waals surface area (Å²) in [7, 11) is 1.53. The number of nitrogens with one attached hydrogen (secondary N) is 1. The first kappa shape index (κ1) is 19.0. The molecule has 2 aromatic rings. The van der Waals surface area contributed by atoms with Gasteiger partial charge in [0.25, 0.3) is 5.91 Å². The summed E-state index contributed by atoms with van der Waals surface area (Å²) >= 11 is 3.42. The Hall–Kier alpha value is -2.34. The first-order valence-corrected chi connectivity index (χ1v) is 8.68. The SMILES string of the molecule is CCCOc1c(Br)cc(C(=O)Nc2cccc(C(C)=O)c2)cc1OC. The highest BCUT2D eigenvalue weighted by molar-refractivity contribution is 9.10. The fourth-order valence-corrected chi connectivity index (χ4v) is 2.77. The predicted octanol–water partition coefficient (Wildman–Crippen LogP) is 4.70. The first-order chi connectivity index (χ1) is 12.0. The van der Waals surface area contributed by atoms with E-state index in [-0.39, 0.29) is 11.7 Å². The fourth-order valence-electron chi connectivity index (χ4n) is 2.21. The van der Waals surface area contributed by atoms with Gasteiger partial charge in [-0.1, -0.05) is 19.1 Å². The summed E-state index contributed by atoms with van der Waals surface area (Å²) in [6.45, 7) is 4.05. The van der Waals surface area contributed by atoms with E-state index in [1.165, 1.54) is 14.0 Å². The van der Waals surface area contributed by atoms with Crippen molar-refractivity contribution in [1.29, 1.82) is 0 Å². The lowest BCUT2D eigenvalue weighted by Gasteiger charge is -2.14. The van der Waals surface area contributed by atoms with Crippen molar-refractivity contribution in [2.75, 3.05) is 19.0 Å². The van der Waals surface area contributed by atoms with Crippen LogP contribution in [0.1, 0.15) is 41.0 Å². The van der Waals surface area contributed by atoms with Crippen LogP contribution in [0.4, 0.5) is 5.69 Å². The summed E-state index contributed by atoms with van der Waals surface area (Å²) in [5.41, 5.74) is 1.51. The molecule has 132 valence electrons. The van der Waals surface area contributed by atoms with E-state index in [2.05, 4.69) is 21.2 Å². The summed E-state index contributed by atoms with van der Waals surface area (Å²) in [5, 5.41) is 2.79. The molecule has 6 heteroatoms. The summed E-state index contributed by atoms with van der Waals surface area (Å²) in [4.78, 5) is 24.0. The molecule has 0 aliphatic carbocycles. The molecule has 0 spiro atoms. The van der Waals surface area contributed by atoms with Gasteiger partial charge in [-0.25, -0.2) is 0 Å². The zero-order valence-electron chi connectivity index (χ0n) is 14.4. The number of Topliss-reactive ketones (excluding diaryl/α,β-unsaturated/α-hetero) is 1. The molecule has 0 heterocycles. The van der Waals surface area contributed by atoms with Crippen molar-refractivity contribution in [1.82, 2.24) is 0 Å². The largest absolute Gasteiger partial charge is 0.493 e. The minimum Gasteiger partial charge on any atom is -0.493 e. The van der Waals surface area contributed by atoms with Crippen molar-refractivity contribution in [2.45, 2.75) is 20.3 Å². The molecule has 25 heavy (non-hydrogen) atoms. The highest BCUT2D eigenvalue weighted by Crippen LogP contribution is 2.37. The van der Waals surface area contributed by atoms with E-state index < -0.39 is 0 Å². The van der Waals surface area contributed by atoms with Gasteiger partial charge in [-0.2, -0.15) is 0 Å². The van der Waals surface area contributed by atoms with Crippen LogP contribution in [-0.2, 0) is 0 Å². The molecule has 2 aromatic carbocycles. The lowest BCUT2D eigenvalue weighted by atomic mass is 10.1. The molecule has 0 unspecified atom stereocenters. The zero-order valence-corrected chi connectivity index (χ0v) is 16.0. The maximum Gasteiger partial charge on any atom is 0.255 e. The number of carbonyl (C=O) groups is 2. The van der Waals surface area contributed by atoms with Crippen LogP contribution in [0.3, 0.4) is 0 Å². The van der Waals surface area contributed by atoms with E-state index in [0.717, 1.165) is 6.42 Å². The van der Waals surface area contributed by atoms with E-state index in [1.54, 1.807) is 36.4 Å². The number of rotatable bonds is 7. The number of halogens is 1. The van der Waals surface area contributed by atoms with Gasteiger partial charge in [-0.15, -0.1) is 0 Å². The van der Waals surface area contributed by atoms with Crippen molar-refractivity contribution >= 4 is 33.3 Å². The van der Waals surface area contributed by atoms with Crippen LogP contribution >= 0.6 is 15.9 Å². The third-order valence-corrected chi connectivity index (χ3v) is 4.06. The quantitative estimate of drug-likeness (QED) is 0.677.